The molecule has 0 bridgehead atoms. The first-order chi connectivity index (χ1) is 9.52. The van der Waals surface area contributed by atoms with Crippen molar-refractivity contribution in [3.8, 4) is 0 Å². The van der Waals surface area contributed by atoms with Crippen LogP contribution >= 0.6 is 11.6 Å². The van der Waals surface area contributed by atoms with E-state index in [4.69, 9.17) is 11.6 Å². The third kappa shape index (κ3) is 3.20. The van der Waals surface area contributed by atoms with Crippen molar-refractivity contribution in [1.29, 1.82) is 0 Å². The van der Waals surface area contributed by atoms with Crippen LogP contribution in [0.1, 0.15) is 35.2 Å². The molecule has 2 rings (SSSR count). The van der Waals surface area contributed by atoms with Crippen LogP contribution in [0.3, 0.4) is 0 Å². The van der Waals surface area contributed by atoms with Gasteiger partial charge in [0.05, 0.1) is 6.04 Å². The summed E-state index contributed by atoms with van der Waals surface area (Å²) in [5.74, 6) is -0.194. The summed E-state index contributed by atoms with van der Waals surface area (Å²) in [5, 5.41) is 4.02. The minimum absolute atomic E-state index is 0.182. The number of aryl methyl sites for hydroxylation is 2. The average Bonchev–Trinajstić information content (AvgIpc) is 2.42. The second-order valence-corrected chi connectivity index (χ2v) is 5.45. The minimum Gasteiger partial charge on any atom is -0.306 e. The molecule has 0 amide bonds. The molecule has 1 N–H and O–H groups in total. The molecule has 1 unspecified atom stereocenters. The first-order valence-corrected chi connectivity index (χ1v) is 7.16. The summed E-state index contributed by atoms with van der Waals surface area (Å²) in [4.78, 5) is 0. The summed E-state index contributed by atoms with van der Waals surface area (Å²) >= 11 is 6.10. The first-order valence-electron chi connectivity index (χ1n) is 6.78. The van der Waals surface area contributed by atoms with Gasteiger partial charge in [-0.2, -0.15) is 0 Å². The normalized spacial score (nSPS) is 12.4. The molecule has 2 aromatic rings. The Morgan fingerprint density at radius 3 is 2.55 bits per heavy atom. The van der Waals surface area contributed by atoms with E-state index in [-0.39, 0.29) is 11.9 Å². The molecular weight excluding hydrogens is 273 g/mol. The van der Waals surface area contributed by atoms with Crippen molar-refractivity contribution in [1.82, 2.24) is 5.32 Å². The van der Waals surface area contributed by atoms with Crippen LogP contribution in [-0.4, -0.2) is 6.54 Å². The number of hydrogen-bond acceptors (Lipinski definition) is 1. The lowest BCUT2D eigenvalue weighted by molar-refractivity contribution is 0.557. The fourth-order valence-electron chi connectivity index (χ4n) is 2.40. The number of hydrogen-bond donors (Lipinski definition) is 1. The van der Waals surface area contributed by atoms with Gasteiger partial charge in [0.15, 0.2) is 0 Å². The Morgan fingerprint density at radius 2 is 1.85 bits per heavy atom. The van der Waals surface area contributed by atoms with Gasteiger partial charge in [0.2, 0.25) is 0 Å². The Hall–Kier alpha value is -1.38. The summed E-state index contributed by atoms with van der Waals surface area (Å²) in [6, 6.07) is 10.8. The Labute approximate surface area is 124 Å². The van der Waals surface area contributed by atoms with Gasteiger partial charge in [-0.05, 0) is 49.7 Å². The zero-order chi connectivity index (χ0) is 14.7. The van der Waals surface area contributed by atoms with Crippen molar-refractivity contribution in [3.63, 3.8) is 0 Å². The van der Waals surface area contributed by atoms with Crippen LogP contribution in [-0.2, 0) is 0 Å². The number of benzene rings is 2. The van der Waals surface area contributed by atoms with Crippen molar-refractivity contribution in [2.45, 2.75) is 26.8 Å². The molecule has 0 aromatic heterocycles. The van der Waals surface area contributed by atoms with Crippen molar-refractivity contribution in [2.75, 3.05) is 6.54 Å². The summed E-state index contributed by atoms with van der Waals surface area (Å²) in [7, 11) is 0. The quantitative estimate of drug-likeness (QED) is 0.853. The number of halogens is 2. The largest absolute Gasteiger partial charge is 0.306 e. The fraction of sp³-hybridized carbons (Fsp3) is 0.294. The van der Waals surface area contributed by atoms with Crippen LogP contribution in [0.5, 0.6) is 0 Å². The molecule has 1 nitrogen and oxygen atoms in total. The second kappa shape index (κ2) is 6.38. The summed E-state index contributed by atoms with van der Waals surface area (Å²) < 4.78 is 14.2. The highest BCUT2D eigenvalue weighted by molar-refractivity contribution is 6.30. The van der Waals surface area contributed by atoms with Gasteiger partial charge in [-0.1, -0.05) is 42.3 Å². The molecule has 0 aliphatic rings. The lowest BCUT2D eigenvalue weighted by atomic mass is 9.93. The zero-order valence-corrected chi connectivity index (χ0v) is 12.8. The van der Waals surface area contributed by atoms with Crippen LogP contribution in [0.25, 0.3) is 0 Å². The molecule has 0 fully saturated rings. The van der Waals surface area contributed by atoms with E-state index in [1.165, 1.54) is 6.07 Å². The molecular formula is C17H19ClFN. The van der Waals surface area contributed by atoms with Gasteiger partial charge in [-0.15, -0.1) is 0 Å². The average molecular weight is 292 g/mol. The third-order valence-corrected chi connectivity index (χ3v) is 3.66. The molecule has 0 saturated carbocycles. The first kappa shape index (κ1) is 15.0. The van der Waals surface area contributed by atoms with Crippen LogP contribution in [0.2, 0.25) is 5.02 Å². The smallest absolute Gasteiger partial charge is 0.128 e. The molecule has 3 heteroatoms. The lowest BCUT2D eigenvalue weighted by Crippen LogP contribution is -2.24. The summed E-state index contributed by atoms with van der Waals surface area (Å²) in [6.45, 7) is 6.76. The topological polar surface area (TPSA) is 12.0 Å². The molecule has 2 aromatic carbocycles. The van der Waals surface area contributed by atoms with E-state index >= 15 is 0 Å². The highest BCUT2D eigenvalue weighted by Gasteiger charge is 2.19. The molecule has 20 heavy (non-hydrogen) atoms. The van der Waals surface area contributed by atoms with Crippen molar-refractivity contribution in [2.24, 2.45) is 0 Å². The fourth-order valence-corrected chi connectivity index (χ4v) is 2.58. The standard InChI is InChI=1S/C17H19ClFN/c1-4-20-17(14-10-13(18)7-6-12(14)3)15-9-11(2)5-8-16(15)19/h5-10,17,20H,4H2,1-3H3. The highest BCUT2D eigenvalue weighted by Crippen LogP contribution is 2.29. The molecule has 0 aliphatic heterocycles. The van der Waals surface area contributed by atoms with E-state index in [0.717, 1.165) is 23.2 Å². The van der Waals surface area contributed by atoms with E-state index in [1.807, 2.05) is 45.0 Å². The zero-order valence-electron chi connectivity index (χ0n) is 12.0. The Bertz CT molecular complexity index is 558. The SMILES string of the molecule is CCNC(c1cc(Cl)ccc1C)c1cc(C)ccc1F. The van der Waals surface area contributed by atoms with Crippen LogP contribution in [0.15, 0.2) is 36.4 Å². The van der Waals surface area contributed by atoms with Crippen molar-refractivity contribution >= 4 is 11.6 Å². The predicted molar refractivity (Wildman–Crippen MR) is 82.8 cm³/mol. The maximum absolute atomic E-state index is 14.2. The van der Waals surface area contributed by atoms with E-state index in [2.05, 4.69) is 5.32 Å². The maximum atomic E-state index is 14.2. The predicted octanol–water partition coefficient (Wildman–Crippen LogP) is 4.79. The van der Waals surface area contributed by atoms with E-state index < -0.39 is 0 Å². The van der Waals surface area contributed by atoms with E-state index in [9.17, 15) is 4.39 Å². The monoisotopic (exact) mass is 291 g/mol. The van der Waals surface area contributed by atoms with E-state index in [1.54, 1.807) is 6.07 Å². The lowest BCUT2D eigenvalue weighted by Gasteiger charge is -2.22. The molecule has 0 saturated heterocycles. The molecule has 106 valence electrons. The van der Waals surface area contributed by atoms with Gasteiger partial charge in [0, 0.05) is 10.6 Å². The van der Waals surface area contributed by atoms with Crippen LogP contribution in [0.4, 0.5) is 4.39 Å². The minimum atomic E-state index is -0.194. The molecule has 0 spiro atoms. The Kier molecular flexibility index (Phi) is 4.79. The van der Waals surface area contributed by atoms with Gasteiger partial charge in [0.1, 0.15) is 5.82 Å². The number of rotatable bonds is 4. The summed E-state index contributed by atoms with van der Waals surface area (Å²) in [6.07, 6.45) is 0. The van der Waals surface area contributed by atoms with Gasteiger partial charge in [0.25, 0.3) is 0 Å². The van der Waals surface area contributed by atoms with Crippen LogP contribution in [0, 0.1) is 19.7 Å². The van der Waals surface area contributed by atoms with Gasteiger partial charge < -0.3 is 5.32 Å². The highest BCUT2D eigenvalue weighted by atomic mass is 35.5. The molecule has 0 radical (unpaired) electrons. The van der Waals surface area contributed by atoms with Gasteiger partial charge in [-0.25, -0.2) is 4.39 Å². The van der Waals surface area contributed by atoms with Crippen molar-refractivity contribution < 1.29 is 4.39 Å². The Morgan fingerprint density at radius 1 is 1.10 bits per heavy atom. The molecule has 1 atom stereocenters. The Balaban J connectivity index is 2.55. The van der Waals surface area contributed by atoms with Crippen molar-refractivity contribution in [3.05, 3.63) is 69.5 Å². The van der Waals surface area contributed by atoms with Crippen LogP contribution < -0.4 is 5.32 Å². The third-order valence-electron chi connectivity index (χ3n) is 3.42. The summed E-state index contributed by atoms with van der Waals surface area (Å²) in [5.41, 5.74) is 3.83. The van der Waals surface area contributed by atoms with Gasteiger partial charge in [-0.3, -0.25) is 0 Å². The van der Waals surface area contributed by atoms with E-state index in [0.29, 0.717) is 10.6 Å². The second-order valence-electron chi connectivity index (χ2n) is 5.02. The number of nitrogens with one attached hydrogen (secondary N) is 1. The molecule has 0 heterocycles. The maximum Gasteiger partial charge on any atom is 0.128 e. The molecule has 0 aliphatic carbocycles. The van der Waals surface area contributed by atoms with Gasteiger partial charge >= 0.3 is 0 Å².